The fraction of sp³-hybridized carbons (Fsp3) is 0.167. The summed E-state index contributed by atoms with van der Waals surface area (Å²) in [4.78, 5) is 11.8. The minimum absolute atomic E-state index is 0.140. The van der Waals surface area contributed by atoms with Crippen molar-refractivity contribution in [3.63, 3.8) is 0 Å². The van der Waals surface area contributed by atoms with Gasteiger partial charge in [-0.05, 0) is 41.5 Å². The fourth-order valence-electron chi connectivity index (χ4n) is 1.92. The Bertz CT molecular complexity index is 648. The molecule has 22 heavy (non-hydrogen) atoms. The summed E-state index contributed by atoms with van der Waals surface area (Å²) < 4.78 is 10.2. The van der Waals surface area contributed by atoms with E-state index < -0.39 is 0 Å². The smallest absolute Gasteiger partial charge is 0.244 e. The van der Waals surface area contributed by atoms with E-state index in [1.165, 1.54) is 6.08 Å². The Balaban J connectivity index is 1.87. The molecule has 0 radical (unpaired) electrons. The lowest BCUT2D eigenvalue weighted by atomic mass is 10.2. The van der Waals surface area contributed by atoms with Crippen LogP contribution in [0, 0.1) is 0 Å². The number of ether oxygens (including phenoxy) is 2. The zero-order chi connectivity index (χ0) is 15.8. The quantitative estimate of drug-likeness (QED) is 0.834. The Morgan fingerprint density at radius 1 is 1.05 bits per heavy atom. The molecule has 0 heterocycles. The topological polar surface area (TPSA) is 47.6 Å². The molecule has 0 saturated carbocycles. The molecule has 0 aliphatic carbocycles. The van der Waals surface area contributed by atoms with E-state index >= 15 is 0 Å². The maximum atomic E-state index is 11.8. The molecule has 0 unspecified atom stereocenters. The van der Waals surface area contributed by atoms with E-state index in [1.807, 2.05) is 48.5 Å². The Morgan fingerprint density at radius 3 is 2.45 bits per heavy atom. The molecule has 0 aliphatic heterocycles. The highest BCUT2D eigenvalue weighted by Gasteiger charge is 1.99. The first-order chi connectivity index (χ1) is 10.7. The van der Waals surface area contributed by atoms with Gasteiger partial charge in [0, 0.05) is 12.6 Å². The first-order valence-corrected chi connectivity index (χ1v) is 6.94. The number of benzene rings is 2. The SMILES string of the molecule is COc1ccc(/C=C/C(=O)NCc2cccc(OC)c2)cc1. The third kappa shape index (κ3) is 4.66. The van der Waals surface area contributed by atoms with Gasteiger partial charge in [0.25, 0.3) is 0 Å². The standard InChI is InChI=1S/C18H19NO3/c1-21-16-9-6-14(7-10-16)8-11-18(20)19-13-15-4-3-5-17(12-15)22-2/h3-12H,13H2,1-2H3,(H,19,20)/b11-8+. The van der Waals surface area contributed by atoms with Crippen molar-refractivity contribution in [2.24, 2.45) is 0 Å². The predicted molar refractivity (Wildman–Crippen MR) is 86.9 cm³/mol. The molecule has 0 fully saturated rings. The molecule has 0 saturated heterocycles. The molecule has 2 aromatic carbocycles. The number of carbonyl (C=O) groups is 1. The Kier molecular flexibility index (Phi) is 5.60. The highest BCUT2D eigenvalue weighted by atomic mass is 16.5. The lowest BCUT2D eigenvalue weighted by Crippen LogP contribution is -2.20. The van der Waals surface area contributed by atoms with Gasteiger partial charge in [-0.25, -0.2) is 0 Å². The molecule has 4 heteroatoms. The average Bonchev–Trinajstić information content (AvgIpc) is 2.58. The number of nitrogens with one attached hydrogen (secondary N) is 1. The Hall–Kier alpha value is -2.75. The summed E-state index contributed by atoms with van der Waals surface area (Å²) in [5, 5.41) is 2.84. The van der Waals surface area contributed by atoms with E-state index in [0.717, 1.165) is 22.6 Å². The maximum Gasteiger partial charge on any atom is 0.244 e. The summed E-state index contributed by atoms with van der Waals surface area (Å²) in [7, 11) is 3.24. The van der Waals surface area contributed by atoms with Gasteiger partial charge >= 0.3 is 0 Å². The van der Waals surface area contributed by atoms with Gasteiger partial charge in [0.1, 0.15) is 11.5 Å². The van der Waals surface area contributed by atoms with Crippen LogP contribution in [0.4, 0.5) is 0 Å². The van der Waals surface area contributed by atoms with Gasteiger partial charge in [-0.1, -0.05) is 24.3 Å². The van der Waals surface area contributed by atoms with Crippen LogP contribution in [0.15, 0.2) is 54.6 Å². The monoisotopic (exact) mass is 297 g/mol. The van der Waals surface area contributed by atoms with Crippen LogP contribution in [0.5, 0.6) is 11.5 Å². The normalized spacial score (nSPS) is 10.5. The van der Waals surface area contributed by atoms with Crippen LogP contribution in [-0.4, -0.2) is 20.1 Å². The van der Waals surface area contributed by atoms with E-state index in [2.05, 4.69) is 5.32 Å². The molecule has 1 amide bonds. The van der Waals surface area contributed by atoms with E-state index in [4.69, 9.17) is 9.47 Å². The van der Waals surface area contributed by atoms with Gasteiger partial charge in [0.15, 0.2) is 0 Å². The van der Waals surface area contributed by atoms with Crippen molar-refractivity contribution in [3.05, 3.63) is 65.7 Å². The summed E-state index contributed by atoms with van der Waals surface area (Å²) in [6.07, 6.45) is 3.28. The van der Waals surface area contributed by atoms with E-state index in [-0.39, 0.29) is 5.91 Å². The van der Waals surface area contributed by atoms with Crippen LogP contribution in [0.2, 0.25) is 0 Å². The third-order valence-electron chi connectivity index (χ3n) is 3.14. The Morgan fingerprint density at radius 2 is 1.77 bits per heavy atom. The van der Waals surface area contributed by atoms with E-state index in [1.54, 1.807) is 20.3 Å². The summed E-state index contributed by atoms with van der Waals surface area (Å²) >= 11 is 0. The second-order valence-electron chi connectivity index (χ2n) is 4.68. The van der Waals surface area contributed by atoms with Crippen LogP contribution in [0.1, 0.15) is 11.1 Å². The van der Waals surface area contributed by atoms with Gasteiger partial charge in [0.2, 0.25) is 5.91 Å². The maximum absolute atomic E-state index is 11.8. The van der Waals surface area contributed by atoms with Crippen molar-refractivity contribution >= 4 is 12.0 Å². The van der Waals surface area contributed by atoms with Crippen molar-refractivity contribution in [1.82, 2.24) is 5.32 Å². The molecular formula is C18H19NO3. The molecule has 0 aliphatic rings. The summed E-state index contributed by atoms with van der Waals surface area (Å²) in [5.41, 5.74) is 1.93. The van der Waals surface area contributed by atoms with Crippen LogP contribution in [0.3, 0.4) is 0 Å². The molecule has 1 N–H and O–H groups in total. The lowest BCUT2D eigenvalue weighted by molar-refractivity contribution is -0.116. The number of rotatable bonds is 6. The second-order valence-corrected chi connectivity index (χ2v) is 4.68. The number of hydrogen-bond donors (Lipinski definition) is 1. The first-order valence-electron chi connectivity index (χ1n) is 6.94. The third-order valence-corrected chi connectivity index (χ3v) is 3.14. The van der Waals surface area contributed by atoms with Gasteiger partial charge in [-0.2, -0.15) is 0 Å². The van der Waals surface area contributed by atoms with Crippen LogP contribution >= 0.6 is 0 Å². The molecule has 0 bridgehead atoms. The summed E-state index contributed by atoms with van der Waals surface area (Å²) in [5.74, 6) is 1.43. The number of carbonyl (C=O) groups excluding carboxylic acids is 1. The minimum Gasteiger partial charge on any atom is -0.497 e. The van der Waals surface area contributed by atoms with Gasteiger partial charge in [-0.15, -0.1) is 0 Å². The predicted octanol–water partition coefficient (Wildman–Crippen LogP) is 3.03. The van der Waals surface area contributed by atoms with Crippen molar-refractivity contribution in [2.75, 3.05) is 14.2 Å². The van der Waals surface area contributed by atoms with Gasteiger partial charge in [-0.3, -0.25) is 4.79 Å². The first kappa shape index (κ1) is 15.6. The molecule has 2 aromatic rings. The molecule has 2 rings (SSSR count). The van der Waals surface area contributed by atoms with Crippen molar-refractivity contribution in [2.45, 2.75) is 6.54 Å². The van der Waals surface area contributed by atoms with Crippen LogP contribution in [0.25, 0.3) is 6.08 Å². The van der Waals surface area contributed by atoms with Crippen molar-refractivity contribution < 1.29 is 14.3 Å². The van der Waals surface area contributed by atoms with Crippen LogP contribution in [-0.2, 0) is 11.3 Å². The lowest BCUT2D eigenvalue weighted by Gasteiger charge is -2.05. The van der Waals surface area contributed by atoms with Gasteiger partial charge in [0.05, 0.1) is 14.2 Å². The number of methoxy groups -OCH3 is 2. The molecule has 0 aromatic heterocycles. The van der Waals surface area contributed by atoms with E-state index in [9.17, 15) is 4.79 Å². The van der Waals surface area contributed by atoms with E-state index in [0.29, 0.717) is 6.54 Å². The number of hydrogen-bond acceptors (Lipinski definition) is 3. The summed E-state index contributed by atoms with van der Waals surface area (Å²) in [6.45, 7) is 0.461. The minimum atomic E-state index is -0.140. The molecule has 4 nitrogen and oxygen atoms in total. The van der Waals surface area contributed by atoms with Crippen molar-refractivity contribution in [3.8, 4) is 11.5 Å². The molecule has 0 atom stereocenters. The van der Waals surface area contributed by atoms with Gasteiger partial charge < -0.3 is 14.8 Å². The zero-order valence-corrected chi connectivity index (χ0v) is 12.7. The zero-order valence-electron chi connectivity index (χ0n) is 12.7. The van der Waals surface area contributed by atoms with Crippen molar-refractivity contribution in [1.29, 1.82) is 0 Å². The highest BCUT2D eigenvalue weighted by molar-refractivity contribution is 5.91. The highest BCUT2D eigenvalue weighted by Crippen LogP contribution is 2.13. The summed E-state index contributed by atoms with van der Waals surface area (Å²) in [6, 6.07) is 15.1. The molecular weight excluding hydrogens is 278 g/mol. The Labute approximate surface area is 130 Å². The average molecular weight is 297 g/mol. The van der Waals surface area contributed by atoms with Crippen LogP contribution < -0.4 is 14.8 Å². The largest absolute Gasteiger partial charge is 0.497 e. The fourth-order valence-corrected chi connectivity index (χ4v) is 1.92. The second kappa shape index (κ2) is 7.88. The molecule has 114 valence electrons. The molecule has 0 spiro atoms. The number of amides is 1.